The molecule has 1 aromatic carbocycles. The van der Waals surface area contributed by atoms with E-state index in [2.05, 4.69) is 5.32 Å². The summed E-state index contributed by atoms with van der Waals surface area (Å²) in [6, 6.07) is 6.79. The molecule has 3 nitrogen and oxygen atoms in total. The van der Waals surface area contributed by atoms with E-state index in [1.165, 1.54) is 0 Å². The van der Waals surface area contributed by atoms with Crippen molar-refractivity contribution in [1.82, 2.24) is 5.32 Å². The monoisotopic (exact) mass is 213 g/mol. The molecule has 0 radical (unpaired) electrons. The van der Waals surface area contributed by atoms with Crippen LogP contribution in [-0.2, 0) is 11.3 Å². The van der Waals surface area contributed by atoms with Crippen molar-refractivity contribution in [2.24, 2.45) is 0 Å². The third-order valence-electron chi connectivity index (χ3n) is 1.93. The summed E-state index contributed by atoms with van der Waals surface area (Å²) < 4.78 is 0. The van der Waals surface area contributed by atoms with Gasteiger partial charge in [-0.2, -0.15) is 0 Å². The first kappa shape index (κ1) is 11.0. The van der Waals surface area contributed by atoms with Crippen molar-refractivity contribution < 1.29 is 9.90 Å². The highest BCUT2D eigenvalue weighted by molar-refractivity contribution is 6.31. The van der Waals surface area contributed by atoms with Crippen molar-refractivity contribution in [3.8, 4) is 0 Å². The second-order valence-electron chi connectivity index (χ2n) is 3.03. The number of hydrogen-bond acceptors (Lipinski definition) is 2. The van der Waals surface area contributed by atoms with Crippen molar-refractivity contribution in [2.75, 3.05) is 0 Å². The van der Waals surface area contributed by atoms with Gasteiger partial charge in [0.15, 0.2) is 0 Å². The molecule has 0 aliphatic carbocycles. The van der Waals surface area contributed by atoms with Gasteiger partial charge >= 0.3 is 5.97 Å². The van der Waals surface area contributed by atoms with Gasteiger partial charge in [0.25, 0.3) is 0 Å². The number of carboxylic acids is 1. The average Bonchev–Trinajstić information content (AvgIpc) is 2.16. The van der Waals surface area contributed by atoms with Crippen LogP contribution in [0.1, 0.15) is 12.5 Å². The Labute approximate surface area is 87.7 Å². The molecule has 0 aliphatic heterocycles. The Morgan fingerprint density at radius 2 is 2.21 bits per heavy atom. The molecule has 0 fully saturated rings. The molecule has 0 spiro atoms. The average molecular weight is 214 g/mol. The number of nitrogens with one attached hydrogen (secondary N) is 1. The first-order valence-corrected chi connectivity index (χ1v) is 4.68. The zero-order valence-electron chi connectivity index (χ0n) is 7.83. The highest BCUT2D eigenvalue weighted by Crippen LogP contribution is 2.14. The molecular weight excluding hydrogens is 202 g/mol. The fraction of sp³-hybridized carbons (Fsp3) is 0.300. The standard InChI is InChI=1S/C10H12ClNO2/c1-7(10(13)14)12-6-8-4-2-3-5-9(8)11/h2-5,7,12H,6H2,1H3,(H,13,14). The van der Waals surface area contributed by atoms with Crippen molar-refractivity contribution >= 4 is 17.6 Å². The molecule has 0 bridgehead atoms. The minimum Gasteiger partial charge on any atom is -0.480 e. The van der Waals surface area contributed by atoms with Gasteiger partial charge in [-0.05, 0) is 18.6 Å². The summed E-state index contributed by atoms with van der Waals surface area (Å²) in [6.45, 7) is 2.06. The van der Waals surface area contributed by atoms with Crippen molar-refractivity contribution in [1.29, 1.82) is 0 Å². The summed E-state index contributed by atoms with van der Waals surface area (Å²) in [5.41, 5.74) is 0.905. The maximum Gasteiger partial charge on any atom is 0.320 e. The molecule has 2 N–H and O–H groups in total. The number of rotatable bonds is 4. The lowest BCUT2D eigenvalue weighted by Crippen LogP contribution is -2.33. The molecule has 1 unspecified atom stereocenters. The second kappa shape index (κ2) is 4.98. The minimum absolute atomic E-state index is 0.465. The molecule has 1 atom stereocenters. The Balaban J connectivity index is 2.54. The molecule has 76 valence electrons. The van der Waals surface area contributed by atoms with Gasteiger partial charge in [0, 0.05) is 11.6 Å². The zero-order valence-corrected chi connectivity index (χ0v) is 8.58. The summed E-state index contributed by atoms with van der Waals surface area (Å²) in [5, 5.41) is 12.1. The molecule has 0 saturated carbocycles. The normalized spacial score (nSPS) is 12.4. The predicted molar refractivity (Wildman–Crippen MR) is 55.4 cm³/mol. The second-order valence-corrected chi connectivity index (χ2v) is 3.44. The molecule has 0 aliphatic rings. The van der Waals surface area contributed by atoms with Crippen LogP contribution in [0.25, 0.3) is 0 Å². The highest BCUT2D eigenvalue weighted by Gasteiger charge is 2.09. The van der Waals surface area contributed by atoms with E-state index in [9.17, 15) is 4.79 Å². The van der Waals surface area contributed by atoms with Gasteiger partial charge in [-0.15, -0.1) is 0 Å². The van der Waals surface area contributed by atoms with E-state index in [0.717, 1.165) is 5.56 Å². The van der Waals surface area contributed by atoms with Crippen molar-refractivity contribution in [2.45, 2.75) is 19.5 Å². The van der Waals surface area contributed by atoms with Crippen LogP contribution in [0, 0.1) is 0 Å². The summed E-state index contributed by atoms with van der Waals surface area (Å²) in [4.78, 5) is 10.5. The Morgan fingerprint density at radius 3 is 2.79 bits per heavy atom. The van der Waals surface area contributed by atoms with Gasteiger partial charge in [-0.1, -0.05) is 29.8 Å². The third-order valence-corrected chi connectivity index (χ3v) is 2.30. The minimum atomic E-state index is -0.864. The molecule has 1 rings (SSSR count). The van der Waals surface area contributed by atoms with Gasteiger partial charge in [0.05, 0.1) is 0 Å². The molecule has 0 amide bonds. The fourth-order valence-electron chi connectivity index (χ4n) is 0.992. The van der Waals surface area contributed by atoms with Crippen LogP contribution in [0.5, 0.6) is 0 Å². The molecule has 14 heavy (non-hydrogen) atoms. The largest absolute Gasteiger partial charge is 0.480 e. The van der Waals surface area contributed by atoms with Crippen LogP contribution in [0.4, 0.5) is 0 Å². The lowest BCUT2D eigenvalue weighted by molar-refractivity contribution is -0.139. The van der Waals surface area contributed by atoms with E-state index in [4.69, 9.17) is 16.7 Å². The summed E-state index contributed by atoms with van der Waals surface area (Å²) >= 11 is 5.90. The number of aliphatic carboxylic acids is 1. The van der Waals surface area contributed by atoms with Gasteiger partial charge in [0.2, 0.25) is 0 Å². The van der Waals surface area contributed by atoms with E-state index < -0.39 is 12.0 Å². The fourth-order valence-corrected chi connectivity index (χ4v) is 1.19. The van der Waals surface area contributed by atoms with Gasteiger partial charge in [-0.25, -0.2) is 0 Å². The summed E-state index contributed by atoms with van der Waals surface area (Å²) in [5.74, 6) is -0.864. The number of benzene rings is 1. The van der Waals surface area contributed by atoms with Crippen LogP contribution in [0.15, 0.2) is 24.3 Å². The lowest BCUT2D eigenvalue weighted by atomic mass is 10.2. The van der Waals surface area contributed by atoms with E-state index in [-0.39, 0.29) is 0 Å². The maximum atomic E-state index is 10.5. The van der Waals surface area contributed by atoms with E-state index in [1.807, 2.05) is 18.2 Å². The summed E-state index contributed by atoms with van der Waals surface area (Å²) in [6.07, 6.45) is 0. The van der Waals surface area contributed by atoms with Crippen LogP contribution in [-0.4, -0.2) is 17.1 Å². The Kier molecular flexibility index (Phi) is 3.92. The summed E-state index contributed by atoms with van der Waals surface area (Å²) in [7, 11) is 0. The zero-order chi connectivity index (χ0) is 10.6. The van der Waals surface area contributed by atoms with E-state index in [0.29, 0.717) is 11.6 Å². The molecule has 0 saturated heterocycles. The molecule has 1 aromatic rings. The predicted octanol–water partition coefficient (Wildman–Crippen LogP) is 1.90. The number of halogens is 1. The van der Waals surface area contributed by atoms with Crippen molar-refractivity contribution in [3.05, 3.63) is 34.9 Å². The number of carboxylic acid groups (broad SMARTS) is 1. The van der Waals surface area contributed by atoms with Crippen LogP contribution in [0.3, 0.4) is 0 Å². The Hall–Kier alpha value is -1.06. The van der Waals surface area contributed by atoms with E-state index in [1.54, 1.807) is 13.0 Å². The van der Waals surface area contributed by atoms with Gasteiger partial charge in [-0.3, -0.25) is 4.79 Å². The SMILES string of the molecule is CC(NCc1ccccc1Cl)C(=O)O. The quantitative estimate of drug-likeness (QED) is 0.803. The molecular formula is C10H12ClNO2. The van der Waals surface area contributed by atoms with Crippen LogP contribution < -0.4 is 5.32 Å². The smallest absolute Gasteiger partial charge is 0.320 e. The third kappa shape index (κ3) is 3.01. The molecule has 4 heteroatoms. The maximum absolute atomic E-state index is 10.5. The van der Waals surface area contributed by atoms with Crippen LogP contribution in [0.2, 0.25) is 5.02 Å². The first-order chi connectivity index (χ1) is 6.61. The number of carbonyl (C=O) groups is 1. The Bertz CT molecular complexity index is 328. The lowest BCUT2D eigenvalue weighted by Gasteiger charge is -2.09. The van der Waals surface area contributed by atoms with Gasteiger partial charge < -0.3 is 10.4 Å². The molecule has 0 heterocycles. The molecule has 0 aromatic heterocycles. The topological polar surface area (TPSA) is 49.3 Å². The Morgan fingerprint density at radius 1 is 1.57 bits per heavy atom. The van der Waals surface area contributed by atoms with Crippen LogP contribution >= 0.6 is 11.6 Å². The van der Waals surface area contributed by atoms with E-state index >= 15 is 0 Å². The highest BCUT2D eigenvalue weighted by atomic mass is 35.5. The first-order valence-electron chi connectivity index (χ1n) is 4.31. The van der Waals surface area contributed by atoms with Gasteiger partial charge in [0.1, 0.15) is 6.04 Å². The number of hydrogen-bond donors (Lipinski definition) is 2. The van der Waals surface area contributed by atoms with Crippen molar-refractivity contribution in [3.63, 3.8) is 0 Å².